The fourth-order valence-corrected chi connectivity index (χ4v) is 2.10. The van der Waals surface area contributed by atoms with E-state index in [-0.39, 0.29) is 0 Å². The van der Waals surface area contributed by atoms with Gasteiger partial charge in [-0.2, -0.15) is 0 Å². The first kappa shape index (κ1) is 15.0. The van der Waals surface area contributed by atoms with E-state index in [1.165, 1.54) is 12.0 Å². The molecular weight excluding hydrogens is 222 g/mol. The quantitative estimate of drug-likeness (QED) is 0.839. The maximum absolute atomic E-state index is 4.56. The Bertz CT molecular complexity index is 345. The van der Waals surface area contributed by atoms with Gasteiger partial charge in [0.05, 0.1) is 0 Å². The number of rotatable bonds is 6. The molecular formula is C15H27N3. The second-order valence-electron chi connectivity index (χ2n) is 5.55. The number of nitrogens with zero attached hydrogens (tertiary/aromatic N) is 2. The number of aromatic nitrogens is 1. The highest BCUT2D eigenvalue weighted by atomic mass is 15.2. The molecule has 1 aromatic rings. The molecule has 1 aromatic heterocycles. The number of hydrogen-bond acceptors (Lipinski definition) is 3. The van der Waals surface area contributed by atoms with Crippen molar-refractivity contribution in [3.63, 3.8) is 0 Å². The first-order valence-electron chi connectivity index (χ1n) is 6.81. The fraction of sp³-hybridized carbons (Fsp3) is 0.667. The Balaban J connectivity index is 2.72. The van der Waals surface area contributed by atoms with E-state index >= 15 is 0 Å². The summed E-state index contributed by atoms with van der Waals surface area (Å²) in [6, 6.07) is 5.14. The van der Waals surface area contributed by atoms with Gasteiger partial charge in [0.1, 0.15) is 5.82 Å². The second-order valence-corrected chi connectivity index (χ2v) is 5.55. The van der Waals surface area contributed by atoms with Crippen LogP contribution in [0.5, 0.6) is 0 Å². The Hall–Kier alpha value is -1.09. The number of hydrogen-bond donors (Lipinski definition) is 1. The van der Waals surface area contributed by atoms with Crippen LogP contribution in [0, 0.1) is 5.92 Å². The fourth-order valence-electron chi connectivity index (χ4n) is 2.10. The minimum absolute atomic E-state index is 0.352. The molecule has 102 valence electrons. The molecule has 3 nitrogen and oxygen atoms in total. The first-order chi connectivity index (χ1) is 8.45. The third kappa shape index (κ3) is 3.98. The molecule has 3 heteroatoms. The van der Waals surface area contributed by atoms with Crippen LogP contribution in [0.2, 0.25) is 0 Å². The van der Waals surface area contributed by atoms with E-state index in [1.54, 1.807) is 0 Å². The van der Waals surface area contributed by atoms with E-state index in [1.807, 2.05) is 13.2 Å². The number of nitrogens with one attached hydrogen (secondary N) is 1. The molecule has 0 aromatic carbocycles. The molecule has 2 atom stereocenters. The minimum atomic E-state index is 0.352. The molecule has 1 N–H and O–H groups in total. The highest BCUT2D eigenvalue weighted by Crippen LogP contribution is 2.19. The van der Waals surface area contributed by atoms with Crippen LogP contribution in [0.15, 0.2) is 18.3 Å². The normalized spacial score (nSPS) is 14.6. The van der Waals surface area contributed by atoms with Crippen molar-refractivity contribution in [2.45, 2.75) is 46.2 Å². The summed E-state index contributed by atoms with van der Waals surface area (Å²) in [4.78, 5) is 6.82. The maximum Gasteiger partial charge on any atom is 0.128 e. The zero-order valence-electron chi connectivity index (χ0n) is 12.6. The Labute approximate surface area is 112 Å². The number of pyridine rings is 1. The van der Waals surface area contributed by atoms with Crippen molar-refractivity contribution in [2.75, 3.05) is 19.0 Å². The van der Waals surface area contributed by atoms with Gasteiger partial charge in [-0.15, -0.1) is 0 Å². The van der Waals surface area contributed by atoms with Crippen molar-refractivity contribution in [1.29, 1.82) is 0 Å². The predicted molar refractivity (Wildman–Crippen MR) is 79.0 cm³/mol. The summed E-state index contributed by atoms with van der Waals surface area (Å²) in [5.74, 6) is 1.77. The van der Waals surface area contributed by atoms with Gasteiger partial charge in [-0.3, -0.25) is 0 Å². The zero-order valence-corrected chi connectivity index (χ0v) is 12.6. The highest BCUT2D eigenvalue weighted by Gasteiger charge is 2.13. The highest BCUT2D eigenvalue weighted by molar-refractivity contribution is 5.39. The van der Waals surface area contributed by atoms with Crippen LogP contribution in [-0.2, 0) is 0 Å². The average molecular weight is 249 g/mol. The van der Waals surface area contributed by atoms with E-state index in [0.29, 0.717) is 18.0 Å². The van der Waals surface area contributed by atoms with Crippen LogP contribution < -0.4 is 10.2 Å². The topological polar surface area (TPSA) is 28.2 Å². The zero-order chi connectivity index (χ0) is 13.7. The Kier molecular flexibility index (Phi) is 5.60. The van der Waals surface area contributed by atoms with Crippen molar-refractivity contribution >= 4 is 5.82 Å². The predicted octanol–water partition coefficient (Wildman–Crippen LogP) is 3.23. The molecule has 0 aliphatic rings. The van der Waals surface area contributed by atoms with Crippen molar-refractivity contribution in [2.24, 2.45) is 5.92 Å². The van der Waals surface area contributed by atoms with E-state index in [0.717, 1.165) is 5.82 Å². The molecule has 1 heterocycles. The SMILES string of the molecule is CNC(C)c1ccc(N(C)C(C)CC(C)C)nc1. The molecule has 0 bridgehead atoms. The van der Waals surface area contributed by atoms with Gasteiger partial charge in [-0.05, 0) is 44.9 Å². The molecule has 0 saturated heterocycles. The van der Waals surface area contributed by atoms with Gasteiger partial charge in [-0.25, -0.2) is 4.98 Å². The summed E-state index contributed by atoms with van der Waals surface area (Å²) in [7, 11) is 4.09. The van der Waals surface area contributed by atoms with Crippen LogP contribution in [0.25, 0.3) is 0 Å². The molecule has 0 aliphatic carbocycles. The lowest BCUT2D eigenvalue weighted by Crippen LogP contribution is -2.30. The van der Waals surface area contributed by atoms with E-state index in [2.05, 4.69) is 62.1 Å². The van der Waals surface area contributed by atoms with Crippen LogP contribution in [0.1, 0.15) is 45.7 Å². The third-order valence-electron chi connectivity index (χ3n) is 3.54. The van der Waals surface area contributed by atoms with Gasteiger partial charge in [-0.1, -0.05) is 19.9 Å². The summed E-state index contributed by atoms with van der Waals surface area (Å²) < 4.78 is 0. The summed E-state index contributed by atoms with van der Waals surface area (Å²) >= 11 is 0. The van der Waals surface area contributed by atoms with Crippen molar-refractivity contribution in [1.82, 2.24) is 10.3 Å². The van der Waals surface area contributed by atoms with Crippen LogP contribution in [0.3, 0.4) is 0 Å². The summed E-state index contributed by atoms with van der Waals surface area (Å²) in [5.41, 5.74) is 1.23. The smallest absolute Gasteiger partial charge is 0.128 e. The standard InChI is InChI=1S/C15H27N3/c1-11(2)9-12(3)18(6)15-8-7-14(10-17-15)13(4)16-5/h7-8,10-13,16H,9H2,1-6H3. The Morgan fingerprint density at radius 1 is 1.22 bits per heavy atom. The molecule has 0 saturated carbocycles. The molecule has 2 unspecified atom stereocenters. The lowest BCUT2D eigenvalue weighted by atomic mass is 10.0. The summed E-state index contributed by atoms with van der Waals surface area (Å²) in [5, 5.41) is 3.23. The second kappa shape index (κ2) is 6.74. The van der Waals surface area contributed by atoms with Crippen LogP contribution in [-0.4, -0.2) is 25.1 Å². The Morgan fingerprint density at radius 3 is 2.33 bits per heavy atom. The molecule has 0 fully saturated rings. The summed E-state index contributed by atoms with van der Waals surface area (Å²) in [6.07, 6.45) is 3.15. The van der Waals surface area contributed by atoms with Crippen molar-refractivity contribution in [3.05, 3.63) is 23.9 Å². The Morgan fingerprint density at radius 2 is 1.89 bits per heavy atom. The van der Waals surface area contributed by atoms with Gasteiger partial charge < -0.3 is 10.2 Å². The first-order valence-corrected chi connectivity index (χ1v) is 6.81. The third-order valence-corrected chi connectivity index (χ3v) is 3.54. The van der Waals surface area contributed by atoms with Crippen molar-refractivity contribution < 1.29 is 0 Å². The van der Waals surface area contributed by atoms with Gasteiger partial charge in [0, 0.05) is 25.3 Å². The monoisotopic (exact) mass is 249 g/mol. The van der Waals surface area contributed by atoms with Crippen LogP contribution >= 0.6 is 0 Å². The van der Waals surface area contributed by atoms with Crippen molar-refractivity contribution in [3.8, 4) is 0 Å². The molecule has 0 spiro atoms. The molecule has 1 rings (SSSR count). The molecule has 18 heavy (non-hydrogen) atoms. The summed E-state index contributed by atoms with van der Waals surface area (Å²) in [6.45, 7) is 8.92. The van der Waals surface area contributed by atoms with E-state index in [9.17, 15) is 0 Å². The van der Waals surface area contributed by atoms with E-state index < -0.39 is 0 Å². The van der Waals surface area contributed by atoms with Gasteiger partial charge in [0.2, 0.25) is 0 Å². The van der Waals surface area contributed by atoms with Gasteiger partial charge >= 0.3 is 0 Å². The molecule has 0 radical (unpaired) electrons. The van der Waals surface area contributed by atoms with E-state index in [4.69, 9.17) is 0 Å². The lowest BCUT2D eigenvalue weighted by Gasteiger charge is -2.27. The van der Waals surface area contributed by atoms with Gasteiger partial charge in [0.15, 0.2) is 0 Å². The number of anilines is 1. The maximum atomic E-state index is 4.56. The van der Waals surface area contributed by atoms with Gasteiger partial charge in [0.25, 0.3) is 0 Å². The lowest BCUT2D eigenvalue weighted by molar-refractivity contribution is 0.502. The molecule has 0 aliphatic heterocycles. The average Bonchev–Trinajstić information content (AvgIpc) is 2.36. The van der Waals surface area contributed by atoms with Crippen LogP contribution in [0.4, 0.5) is 5.82 Å². The molecule has 0 amide bonds. The largest absolute Gasteiger partial charge is 0.357 e. The minimum Gasteiger partial charge on any atom is -0.357 e.